The minimum absolute atomic E-state index is 0.0490. The van der Waals surface area contributed by atoms with Crippen LogP contribution >= 0.6 is 11.8 Å². The SMILES string of the molecule is COCCn1c(C)cc(C(=O)CSc2nnc(-c3cc(C)cc(C)c3)o2)c1C. The van der Waals surface area contributed by atoms with Gasteiger partial charge in [0.25, 0.3) is 5.22 Å². The molecule has 0 unspecified atom stereocenters. The Bertz CT molecular complexity index is 971. The van der Waals surface area contributed by atoms with Crippen LogP contribution in [-0.4, -0.2) is 40.0 Å². The molecule has 0 radical (unpaired) electrons. The van der Waals surface area contributed by atoms with Crippen LogP contribution in [-0.2, 0) is 11.3 Å². The topological polar surface area (TPSA) is 70.2 Å². The third-order valence-electron chi connectivity index (χ3n) is 4.59. The number of carbonyl (C=O) groups is 1. The van der Waals surface area contributed by atoms with E-state index in [1.165, 1.54) is 11.8 Å². The molecule has 1 aromatic carbocycles. The Morgan fingerprint density at radius 3 is 2.50 bits per heavy atom. The molecule has 0 saturated heterocycles. The molecule has 3 aromatic rings. The summed E-state index contributed by atoms with van der Waals surface area (Å²) in [6.07, 6.45) is 0. The highest BCUT2D eigenvalue weighted by molar-refractivity contribution is 7.99. The zero-order chi connectivity index (χ0) is 20.3. The summed E-state index contributed by atoms with van der Waals surface area (Å²) in [5.74, 6) is 0.774. The number of carbonyl (C=O) groups excluding carboxylic acids is 1. The molecule has 0 fully saturated rings. The monoisotopic (exact) mass is 399 g/mol. The average Bonchev–Trinajstić information content (AvgIpc) is 3.22. The smallest absolute Gasteiger partial charge is 0.277 e. The Balaban J connectivity index is 1.68. The highest BCUT2D eigenvalue weighted by Gasteiger charge is 2.17. The second-order valence-corrected chi connectivity index (χ2v) is 7.82. The summed E-state index contributed by atoms with van der Waals surface area (Å²) in [7, 11) is 1.67. The minimum Gasteiger partial charge on any atom is -0.411 e. The van der Waals surface area contributed by atoms with Gasteiger partial charge in [0.15, 0.2) is 5.78 Å². The molecule has 0 aliphatic rings. The standard InChI is InChI=1S/C21H25N3O3S/c1-13-8-14(2)10-17(9-13)20-22-23-21(27-20)28-12-19(25)18-11-15(3)24(16(18)4)6-7-26-5/h8-11H,6-7,12H2,1-5H3. The molecule has 2 aromatic heterocycles. The van der Waals surface area contributed by atoms with E-state index in [1.807, 2.05) is 45.9 Å². The largest absolute Gasteiger partial charge is 0.411 e. The molecule has 28 heavy (non-hydrogen) atoms. The van der Waals surface area contributed by atoms with Crippen LogP contribution in [0.15, 0.2) is 33.9 Å². The lowest BCUT2D eigenvalue weighted by molar-refractivity contribution is 0.102. The maximum atomic E-state index is 12.7. The highest BCUT2D eigenvalue weighted by atomic mass is 32.2. The number of nitrogens with zero attached hydrogens (tertiary/aromatic N) is 3. The molecule has 0 saturated carbocycles. The third kappa shape index (κ3) is 4.54. The molecular weight excluding hydrogens is 374 g/mol. The van der Waals surface area contributed by atoms with Gasteiger partial charge in [-0.1, -0.05) is 29.0 Å². The van der Waals surface area contributed by atoms with Crippen molar-refractivity contribution in [3.63, 3.8) is 0 Å². The number of benzene rings is 1. The Morgan fingerprint density at radius 1 is 1.11 bits per heavy atom. The first-order valence-corrected chi connectivity index (χ1v) is 10.1. The van der Waals surface area contributed by atoms with Gasteiger partial charge in [-0.15, -0.1) is 10.2 Å². The molecule has 0 aliphatic heterocycles. The van der Waals surface area contributed by atoms with E-state index < -0.39 is 0 Å². The Hall–Kier alpha value is -2.38. The van der Waals surface area contributed by atoms with Crippen molar-refractivity contribution in [2.24, 2.45) is 0 Å². The summed E-state index contributed by atoms with van der Waals surface area (Å²) in [6, 6.07) is 8.05. The second-order valence-electron chi connectivity index (χ2n) is 6.89. The van der Waals surface area contributed by atoms with E-state index in [2.05, 4.69) is 20.8 Å². The Labute approximate surface area is 169 Å². The maximum absolute atomic E-state index is 12.7. The van der Waals surface area contributed by atoms with E-state index >= 15 is 0 Å². The van der Waals surface area contributed by atoms with Crippen LogP contribution in [0.4, 0.5) is 0 Å². The first-order valence-electron chi connectivity index (χ1n) is 9.13. The molecule has 0 bridgehead atoms. The first kappa shape index (κ1) is 20.4. The van der Waals surface area contributed by atoms with Gasteiger partial charge in [0.1, 0.15) is 0 Å². The maximum Gasteiger partial charge on any atom is 0.277 e. The number of hydrogen-bond donors (Lipinski definition) is 0. The summed E-state index contributed by atoms with van der Waals surface area (Å²) in [6.45, 7) is 9.38. The third-order valence-corrected chi connectivity index (χ3v) is 5.41. The summed E-state index contributed by atoms with van der Waals surface area (Å²) >= 11 is 1.27. The number of aryl methyl sites for hydroxylation is 3. The molecule has 3 rings (SSSR count). The van der Waals surface area contributed by atoms with Crippen LogP contribution in [0.3, 0.4) is 0 Å². The minimum atomic E-state index is 0.0490. The number of rotatable bonds is 8. The van der Waals surface area contributed by atoms with Gasteiger partial charge in [0.2, 0.25) is 5.89 Å². The van der Waals surface area contributed by atoms with Gasteiger partial charge in [-0.25, -0.2) is 0 Å². The van der Waals surface area contributed by atoms with Crippen LogP contribution in [0.5, 0.6) is 0 Å². The van der Waals surface area contributed by atoms with Crippen molar-refractivity contribution in [1.82, 2.24) is 14.8 Å². The van der Waals surface area contributed by atoms with Crippen molar-refractivity contribution in [2.75, 3.05) is 19.5 Å². The summed E-state index contributed by atoms with van der Waals surface area (Å²) in [5.41, 5.74) is 5.92. The average molecular weight is 400 g/mol. The molecule has 6 nitrogen and oxygen atoms in total. The van der Waals surface area contributed by atoms with Crippen LogP contribution in [0.1, 0.15) is 32.9 Å². The van der Waals surface area contributed by atoms with E-state index in [0.717, 1.165) is 40.2 Å². The van der Waals surface area contributed by atoms with Gasteiger partial charge in [-0.05, 0) is 45.9 Å². The Morgan fingerprint density at radius 2 is 1.82 bits per heavy atom. The number of aromatic nitrogens is 3. The van der Waals surface area contributed by atoms with Gasteiger partial charge >= 0.3 is 0 Å². The normalized spacial score (nSPS) is 11.2. The van der Waals surface area contributed by atoms with Crippen molar-refractivity contribution < 1.29 is 13.9 Å². The first-order chi connectivity index (χ1) is 13.4. The van der Waals surface area contributed by atoms with Crippen molar-refractivity contribution in [3.05, 3.63) is 52.3 Å². The van der Waals surface area contributed by atoms with Gasteiger partial charge in [-0.3, -0.25) is 4.79 Å². The summed E-state index contributed by atoms with van der Waals surface area (Å²) in [4.78, 5) is 12.7. The van der Waals surface area contributed by atoms with E-state index in [1.54, 1.807) is 7.11 Å². The quantitative estimate of drug-likeness (QED) is 0.413. The predicted molar refractivity (Wildman–Crippen MR) is 110 cm³/mol. The fraction of sp³-hybridized carbons (Fsp3) is 0.381. The molecule has 0 amide bonds. The van der Waals surface area contributed by atoms with Crippen molar-refractivity contribution in [3.8, 4) is 11.5 Å². The van der Waals surface area contributed by atoms with Gasteiger partial charge < -0.3 is 13.7 Å². The number of Topliss-reactive ketones (excluding diaryl/α,β-unsaturated/α-hetero) is 1. The van der Waals surface area contributed by atoms with Crippen molar-refractivity contribution in [2.45, 2.75) is 39.5 Å². The number of hydrogen-bond acceptors (Lipinski definition) is 6. The lowest BCUT2D eigenvalue weighted by Crippen LogP contribution is -2.09. The zero-order valence-electron chi connectivity index (χ0n) is 16.9. The Kier molecular flexibility index (Phi) is 6.36. The predicted octanol–water partition coefficient (Wildman–Crippen LogP) is 4.39. The van der Waals surface area contributed by atoms with E-state index in [0.29, 0.717) is 17.7 Å². The van der Waals surface area contributed by atoms with Crippen LogP contribution in [0.2, 0.25) is 0 Å². The van der Waals surface area contributed by atoms with Gasteiger partial charge in [0.05, 0.1) is 12.4 Å². The van der Waals surface area contributed by atoms with Crippen LogP contribution in [0, 0.1) is 27.7 Å². The van der Waals surface area contributed by atoms with E-state index in [4.69, 9.17) is 9.15 Å². The lowest BCUT2D eigenvalue weighted by Gasteiger charge is -2.08. The van der Waals surface area contributed by atoms with Crippen LogP contribution < -0.4 is 0 Å². The number of methoxy groups -OCH3 is 1. The summed E-state index contributed by atoms with van der Waals surface area (Å²) in [5, 5.41) is 8.60. The number of ketones is 1. The zero-order valence-corrected chi connectivity index (χ0v) is 17.7. The lowest BCUT2D eigenvalue weighted by atomic mass is 10.1. The van der Waals surface area contributed by atoms with Crippen molar-refractivity contribution in [1.29, 1.82) is 0 Å². The van der Waals surface area contributed by atoms with E-state index in [9.17, 15) is 4.79 Å². The molecule has 0 atom stereocenters. The molecule has 0 N–H and O–H groups in total. The molecule has 0 aliphatic carbocycles. The molecule has 148 valence electrons. The summed E-state index contributed by atoms with van der Waals surface area (Å²) < 4.78 is 13.0. The second kappa shape index (κ2) is 8.75. The highest BCUT2D eigenvalue weighted by Crippen LogP contribution is 2.26. The fourth-order valence-electron chi connectivity index (χ4n) is 3.30. The number of ether oxygens (including phenoxy) is 1. The number of thioether (sulfide) groups is 1. The van der Waals surface area contributed by atoms with Gasteiger partial charge in [-0.2, -0.15) is 0 Å². The molecule has 2 heterocycles. The van der Waals surface area contributed by atoms with Crippen LogP contribution in [0.25, 0.3) is 11.5 Å². The van der Waals surface area contributed by atoms with E-state index in [-0.39, 0.29) is 11.5 Å². The van der Waals surface area contributed by atoms with Gasteiger partial charge in [0, 0.05) is 36.2 Å². The fourth-order valence-corrected chi connectivity index (χ4v) is 3.94. The molecular formula is C21H25N3O3S. The van der Waals surface area contributed by atoms with Crippen molar-refractivity contribution >= 4 is 17.5 Å². The molecule has 0 spiro atoms. The molecule has 7 heteroatoms.